The maximum Gasteiger partial charge on any atom is 0.270 e. The number of ether oxygens (including phenoxy) is 1. The number of rotatable bonds is 5. The van der Waals surface area contributed by atoms with Gasteiger partial charge in [0.05, 0.1) is 11.5 Å². The van der Waals surface area contributed by atoms with Crippen LogP contribution in [0.25, 0.3) is 0 Å². The highest BCUT2D eigenvalue weighted by Gasteiger charge is 2.24. The van der Waals surface area contributed by atoms with Gasteiger partial charge in [-0.05, 0) is 19.1 Å². The molecule has 0 aliphatic carbocycles. The summed E-state index contributed by atoms with van der Waals surface area (Å²) < 4.78 is 5.28. The molecular weight excluding hydrogens is 338 g/mol. The number of anilines is 1. The first-order valence-corrected chi connectivity index (χ1v) is 8.33. The Morgan fingerprint density at radius 1 is 1.19 bits per heavy atom. The number of aromatic nitrogens is 2. The molecule has 0 spiro atoms. The van der Waals surface area contributed by atoms with Gasteiger partial charge in [0, 0.05) is 49.9 Å². The smallest absolute Gasteiger partial charge is 0.270 e. The molecule has 136 valence electrons. The summed E-state index contributed by atoms with van der Waals surface area (Å²) in [4.78, 5) is 26.7. The number of hydrogen-bond donors (Lipinski definition) is 0. The van der Waals surface area contributed by atoms with E-state index >= 15 is 0 Å². The van der Waals surface area contributed by atoms with E-state index in [0.717, 1.165) is 5.82 Å². The van der Waals surface area contributed by atoms with Crippen molar-refractivity contribution in [2.24, 2.45) is 0 Å². The average Bonchev–Trinajstić information content (AvgIpc) is 2.68. The summed E-state index contributed by atoms with van der Waals surface area (Å²) >= 11 is 0. The van der Waals surface area contributed by atoms with Crippen LogP contribution in [0.3, 0.4) is 0 Å². The summed E-state index contributed by atoms with van der Waals surface area (Å²) in [7, 11) is 0. The van der Waals surface area contributed by atoms with Crippen LogP contribution in [0.5, 0.6) is 5.88 Å². The van der Waals surface area contributed by atoms with Gasteiger partial charge in [-0.1, -0.05) is 6.07 Å². The highest BCUT2D eigenvalue weighted by atomic mass is 16.6. The first-order valence-electron chi connectivity index (χ1n) is 8.33. The molecule has 2 heterocycles. The lowest BCUT2D eigenvalue weighted by molar-refractivity contribution is -0.384. The number of carbonyl (C=O) groups excluding carboxylic acids is 1. The second-order valence-corrected chi connectivity index (χ2v) is 5.75. The lowest BCUT2D eigenvalue weighted by Gasteiger charge is -2.35. The van der Waals surface area contributed by atoms with Gasteiger partial charge in [0.1, 0.15) is 0 Å². The average molecular weight is 357 g/mol. The van der Waals surface area contributed by atoms with Gasteiger partial charge in [-0.2, -0.15) is 0 Å². The Morgan fingerprint density at radius 2 is 1.96 bits per heavy atom. The molecule has 2 aromatic rings. The van der Waals surface area contributed by atoms with Crippen LogP contribution in [-0.2, 0) is 0 Å². The van der Waals surface area contributed by atoms with Crippen LogP contribution in [-0.4, -0.2) is 58.7 Å². The van der Waals surface area contributed by atoms with E-state index in [0.29, 0.717) is 44.2 Å². The zero-order valence-electron chi connectivity index (χ0n) is 14.4. The third-order valence-corrected chi connectivity index (χ3v) is 4.11. The standard InChI is InChI=1S/C17H19N5O4/c1-2-26-16-7-6-15(18-19-16)20-8-10-21(11-9-20)17(23)13-4-3-5-14(12-13)22(24)25/h3-7,12H,2,8-11H2,1H3. The summed E-state index contributed by atoms with van der Waals surface area (Å²) in [5.41, 5.74) is 0.243. The van der Waals surface area contributed by atoms with E-state index in [1.807, 2.05) is 17.9 Å². The zero-order chi connectivity index (χ0) is 18.5. The maximum absolute atomic E-state index is 12.6. The fourth-order valence-corrected chi connectivity index (χ4v) is 2.78. The molecule has 9 heteroatoms. The van der Waals surface area contributed by atoms with Crippen molar-refractivity contribution in [3.8, 4) is 5.88 Å². The zero-order valence-corrected chi connectivity index (χ0v) is 14.4. The van der Waals surface area contributed by atoms with Crippen LogP contribution in [0.15, 0.2) is 36.4 Å². The SMILES string of the molecule is CCOc1ccc(N2CCN(C(=O)c3cccc([N+](=O)[O-])c3)CC2)nn1. The van der Waals surface area contributed by atoms with Crippen molar-refractivity contribution >= 4 is 17.4 Å². The third kappa shape index (κ3) is 3.88. The molecule has 0 saturated carbocycles. The monoisotopic (exact) mass is 357 g/mol. The number of nitro groups is 1. The van der Waals surface area contributed by atoms with E-state index in [1.54, 1.807) is 17.0 Å². The predicted molar refractivity (Wildman–Crippen MR) is 94.4 cm³/mol. The van der Waals surface area contributed by atoms with E-state index in [4.69, 9.17) is 4.74 Å². The fraction of sp³-hybridized carbons (Fsp3) is 0.353. The first kappa shape index (κ1) is 17.6. The molecule has 1 saturated heterocycles. The molecule has 0 unspecified atom stereocenters. The van der Waals surface area contributed by atoms with Crippen LogP contribution in [0.1, 0.15) is 17.3 Å². The second kappa shape index (κ2) is 7.77. The minimum Gasteiger partial charge on any atom is -0.477 e. The highest BCUT2D eigenvalue weighted by molar-refractivity contribution is 5.95. The number of nitro benzene ring substituents is 1. The maximum atomic E-state index is 12.6. The molecule has 1 aromatic heterocycles. The molecule has 1 aliphatic rings. The van der Waals surface area contributed by atoms with Gasteiger partial charge in [-0.3, -0.25) is 14.9 Å². The Bertz CT molecular complexity index is 788. The van der Waals surface area contributed by atoms with Crippen LogP contribution in [0.2, 0.25) is 0 Å². The number of non-ortho nitro benzene ring substituents is 1. The van der Waals surface area contributed by atoms with Gasteiger partial charge >= 0.3 is 0 Å². The molecular formula is C17H19N5O4. The second-order valence-electron chi connectivity index (χ2n) is 5.75. The molecule has 9 nitrogen and oxygen atoms in total. The normalized spacial score (nSPS) is 14.2. The fourth-order valence-electron chi connectivity index (χ4n) is 2.78. The van der Waals surface area contributed by atoms with Crippen LogP contribution in [0.4, 0.5) is 11.5 Å². The summed E-state index contributed by atoms with van der Waals surface area (Å²) in [6.45, 7) is 4.67. The lowest BCUT2D eigenvalue weighted by atomic mass is 10.1. The molecule has 0 bridgehead atoms. The van der Waals surface area contributed by atoms with Crippen molar-refractivity contribution in [3.05, 3.63) is 52.1 Å². The molecule has 0 atom stereocenters. The lowest BCUT2D eigenvalue weighted by Crippen LogP contribution is -2.49. The number of piperazine rings is 1. The van der Waals surface area contributed by atoms with E-state index in [-0.39, 0.29) is 11.6 Å². The van der Waals surface area contributed by atoms with Crippen molar-refractivity contribution in [1.82, 2.24) is 15.1 Å². The number of benzene rings is 1. The minimum absolute atomic E-state index is 0.0841. The van der Waals surface area contributed by atoms with E-state index in [2.05, 4.69) is 10.2 Å². The van der Waals surface area contributed by atoms with Crippen LogP contribution >= 0.6 is 0 Å². The van der Waals surface area contributed by atoms with Gasteiger partial charge in [0.2, 0.25) is 5.88 Å². The van der Waals surface area contributed by atoms with Gasteiger partial charge in [-0.25, -0.2) is 0 Å². The van der Waals surface area contributed by atoms with Crippen molar-refractivity contribution in [2.45, 2.75) is 6.92 Å². The molecule has 0 N–H and O–H groups in total. The minimum atomic E-state index is -0.501. The third-order valence-electron chi connectivity index (χ3n) is 4.11. The van der Waals surface area contributed by atoms with E-state index in [1.165, 1.54) is 18.2 Å². The Hall–Kier alpha value is -3.23. The number of amides is 1. The summed E-state index contributed by atoms with van der Waals surface area (Å²) in [6.07, 6.45) is 0. The van der Waals surface area contributed by atoms with Gasteiger partial charge in [0.15, 0.2) is 5.82 Å². The molecule has 1 amide bonds. The largest absolute Gasteiger partial charge is 0.477 e. The van der Waals surface area contributed by atoms with E-state index in [9.17, 15) is 14.9 Å². The van der Waals surface area contributed by atoms with Crippen molar-refractivity contribution in [3.63, 3.8) is 0 Å². The van der Waals surface area contributed by atoms with E-state index < -0.39 is 4.92 Å². The number of nitrogens with zero attached hydrogens (tertiary/aromatic N) is 5. The van der Waals surface area contributed by atoms with Crippen molar-refractivity contribution in [2.75, 3.05) is 37.7 Å². The summed E-state index contributed by atoms with van der Waals surface area (Å²) in [5, 5.41) is 19.0. The van der Waals surface area contributed by atoms with Crippen LogP contribution in [0, 0.1) is 10.1 Å². The quantitative estimate of drug-likeness (QED) is 0.593. The van der Waals surface area contributed by atoms with Gasteiger partial charge in [0.25, 0.3) is 11.6 Å². The number of hydrogen-bond acceptors (Lipinski definition) is 7. The molecule has 1 fully saturated rings. The first-order chi connectivity index (χ1) is 12.6. The van der Waals surface area contributed by atoms with Gasteiger partial charge in [-0.15, -0.1) is 10.2 Å². The molecule has 26 heavy (non-hydrogen) atoms. The van der Waals surface area contributed by atoms with Crippen LogP contribution < -0.4 is 9.64 Å². The Labute approximate surface area is 150 Å². The molecule has 3 rings (SSSR count). The Kier molecular flexibility index (Phi) is 5.26. The Balaban J connectivity index is 1.62. The number of carbonyl (C=O) groups is 1. The summed E-state index contributed by atoms with van der Waals surface area (Å²) in [5.74, 6) is 1.01. The summed E-state index contributed by atoms with van der Waals surface area (Å²) in [6, 6.07) is 9.42. The van der Waals surface area contributed by atoms with Crippen molar-refractivity contribution in [1.29, 1.82) is 0 Å². The molecule has 0 radical (unpaired) electrons. The Morgan fingerprint density at radius 3 is 2.58 bits per heavy atom. The van der Waals surface area contributed by atoms with Gasteiger partial charge < -0.3 is 14.5 Å². The highest BCUT2D eigenvalue weighted by Crippen LogP contribution is 2.18. The predicted octanol–water partition coefficient (Wildman–Crippen LogP) is 1.75. The topological polar surface area (TPSA) is 102 Å². The molecule has 1 aliphatic heterocycles. The van der Waals surface area contributed by atoms with Crippen molar-refractivity contribution < 1.29 is 14.5 Å². The molecule has 1 aromatic carbocycles.